The maximum Gasteiger partial charge on any atom is 0.410 e. The quantitative estimate of drug-likeness (QED) is 0.235. The number of rotatable bonds is 2. The highest BCUT2D eigenvalue weighted by molar-refractivity contribution is 5.70. The van der Waals surface area contributed by atoms with Crippen molar-refractivity contribution in [1.29, 1.82) is 0 Å². The lowest BCUT2D eigenvalue weighted by molar-refractivity contribution is 0.0247. The molecule has 0 saturated heterocycles. The second kappa shape index (κ2) is 14.3. The standard InChI is InChI=1S/2C19H25N3O2/c1-19(2,3)24-18(23)22-12-10-15-16(11-13-22)21(4)20-17(15)14-8-6-5-7-9-14;1-19(2,3)24-18(23)22-12-10-15-16(11-13-22)20-21(4)17(15)14-8-6-5-7-9-14/h2*5-9H,10-13H2,1-4H3. The number of aromatic nitrogens is 4. The van der Waals surface area contributed by atoms with E-state index in [2.05, 4.69) is 24.3 Å². The predicted molar refractivity (Wildman–Crippen MR) is 188 cm³/mol. The van der Waals surface area contributed by atoms with E-state index in [1.807, 2.05) is 101 Å². The normalized spacial score (nSPS) is 14.9. The molecule has 2 aromatic heterocycles. The van der Waals surface area contributed by atoms with E-state index in [0.29, 0.717) is 26.2 Å². The van der Waals surface area contributed by atoms with Gasteiger partial charge in [0.2, 0.25) is 0 Å². The average Bonchev–Trinajstić information content (AvgIpc) is 3.29. The van der Waals surface area contributed by atoms with E-state index in [1.54, 1.807) is 9.80 Å². The molecule has 4 aromatic rings. The van der Waals surface area contributed by atoms with Gasteiger partial charge in [0.1, 0.15) is 11.2 Å². The van der Waals surface area contributed by atoms with Gasteiger partial charge < -0.3 is 19.3 Å². The van der Waals surface area contributed by atoms with Crippen LogP contribution < -0.4 is 0 Å². The van der Waals surface area contributed by atoms with Crippen molar-refractivity contribution >= 4 is 12.2 Å². The van der Waals surface area contributed by atoms with Crippen LogP contribution in [0.1, 0.15) is 64.1 Å². The summed E-state index contributed by atoms with van der Waals surface area (Å²) in [5, 5.41) is 9.41. The van der Waals surface area contributed by atoms with Crippen molar-refractivity contribution in [1.82, 2.24) is 29.4 Å². The monoisotopic (exact) mass is 654 g/mol. The molecule has 2 aliphatic heterocycles. The zero-order chi connectivity index (χ0) is 34.6. The topological polar surface area (TPSA) is 94.7 Å². The lowest BCUT2D eigenvalue weighted by Gasteiger charge is -2.26. The number of carbonyl (C=O) groups is 2. The first-order valence-electron chi connectivity index (χ1n) is 16.9. The van der Waals surface area contributed by atoms with Crippen LogP contribution in [0.3, 0.4) is 0 Å². The molecular formula is C38H50N6O4. The van der Waals surface area contributed by atoms with Gasteiger partial charge in [-0.1, -0.05) is 60.7 Å². The van der Waals surface area contributed by atoms with Crippen molar-refractivity contribution in [2.75, 3.05) is 26.2 Å². The van der Waals surface area contributed by atoms with Crippen molar-refractivity contribution < 1.29 is 19.1 Å². The summed E-state index contributed by atoms with van der Waals surface area (Å²) >= 11 is 0. The Bertz CT molecular complexity index is 1710. The van der Waals surface area contributed by atoms with E-state index >= 15 is 0 Å². The van der Waals surface area contributed by atoms with Crippen molar-refractivity contribution in [2.24, 2.45) is 14.1 Å². The molecule has 0 aliphatic carbocycles. The molecule has 48 heavy (non-hydrogen) atoms. The van der Waals surface area contributed by atoms with E-state index in [4.69, 9.17) is 19.7 Å². The number of fused-ring (bicyclic) bond motifs is 2. The molecule has 0 unspecified atom stereocenters. The van der Waals surface area contributed by atoms with Gasteiger partial charge in [0.15, 0.2) is 0 Å². The predicted octanol–water partition coefficient (Wildman–Crippen LogP) is 6.85. The smallest absolute Gasteiger partial charge is 0.410 e. The molecule has 0 saturated carbocycles. The van der Waals surface area contributed by atoms with Crippen molar-refractivity contribution in [3.8, 4) is 22.5 Å². The number of hydrogen-bond donors (Lipinski definition) is 0. The van der Waals surface area contributed by atoms with Crippen LogP contribution in [0, 0.1) is 0 Å². The Morgan fingerprint density at radius 2 is 1.08 bits per heavy atom. The van der Waals surface area contributed by atoms with Crippen LogP contribution in [-0.4, -0.2) is 78.9 Å². The molecular weight excluding hydrogens is 604 g/mol. The lowest BCUT2D eigenvalue weighted by Crippen LogP contribution is -2.38. The first-order chi connectivity index (χ1) is 22.7. The average molecular weight is 655 g/mol. The minimum absolute atomic E-state index is 0.232. The molecule has 2 aromatic carbocycles. The number of benzene rings is 2. The van der Waals surface area contributed by atoms with Gasteiger partial charge in [0.25, 0.3) is 0 Å². The Kier molecular flexibility index (Phi) is 10.3. The lowest BCUT2D eigenvalue weighted by atomic mass is 10.0. The summed E-state index contributed by atoms with van der Waals surface area (Å²) < 4.78 is 14.9. The summed E-state index contributed by atoms with van der Waals surface area (Å²) in [6, 6.07) is 20.5. The van der Waals surface area contributed by atoms with Crippen molar-refractivity contribution in [2.45, 2.75) is 78.4 Å². The first kappa shape index (κ1) is 34.7. The van der Waals surface area contributed by atoms with Gasteiger partial charge in [0.05, 0.1) is 17.1 Å². The number of hydrogen-bond acceptors (Lipinski definition) is 6. The van der Waals surface area contributed by atoms with Gasteiger partial charge in [-0.2, -0.15) is 10.2 Å². The Morgan fingerprint density at radius 3 is 1.62 bits per heavy atom. The fraction of sp³-hybridized carbons (Fsp3) is 0.474. The summed E-state index contributed by atoms with van der Waals surface area (Å²) in [5.74, 6) is 0. The molecule has 0 spiro atoms. The number of aryl methyl sites for hydroxylation is 2. The third kappa shape index (κ3) is 8.45. The van der Waals surface area contributed by atoms with Crippen LogP contribution in [0.5, 0.6) is 0 Å². The Balaban J connectivity index is 0.000000188. The molecule has 0 atom stereocenters. The van der Waals surface area contributed by atoms with Gasteiger partial charge in [-0.15, -0.1) is 0 Å². The molecule has 0 bridgehead atoms. The largest absolute Gasteiger partial charge is 0.444 e. The fourth-order valence-electron chi connectivity index (χ4n) is 6.27. The zero-order valence-electron chi connectivity index (χ0n) is 29.7. The van der Waals surface area contributed by atoms with Gasteiger partial charge in [0, 0.05) is 81.1 Å². The van der Waals surface area contributed by atoms with Crippen LogP contribution in [-0.2, 0) is 49.3 Å². The third-order valence-electron chi connectivity index (χ3n) is 8.40. The molecule has 0 radical (unpaired) electrons. The summed E-state index contributed by atoms with van der Waals surface area (Å²) in [5.41, 5.74) is 8.32. The maximum absolute atomic E-state index is 12.4. The highest BCUT2D eigenvalue weighted by atomic mass is 16.6. The van der Waals surface area contributed by atoms with Crippen LogP contribution >= 0.6 is 0 Å². The van der Waals surface area contributed by atoms with Gasteiger partial charge in [-0.3, -0.25) is 9.36 Å². The Morgan fingerprint density at radius 1 is 0.604 bits per heavy atom. The molecule has 2 amide bonds. The summed E-state index contributed by atoms with van der Waals surface area (Å²) in [6.45, 7) is 14.0. The maximum atomic E-state index is 12.4. The Hall–Kier alpha value is -4.60. The van der Waals surface area contributed by atoms with Crippen molar-refractivity contribution in [3.63, 3.8) is 0 Å². The molecule has 6 rings (SSSR count). The summed E-state index contributed by atoms with van der Waals surface area (Å²) in [7, 11) is 3.97. The van der Waals surface area contributed by atoms with E-state index < -0.39 is 11.2 Å². The van der Waals surface area contributed by atoms with Gasteiger partial charge in [-0.25, -0.2) is 9.59 Å². The number of ether oxygens (including phenoxy) is 2. The molecule has 0 fully saturated rings. The van der Waals surface area contributed by atoms with Crippen LogP contribution in [0.2, 0.25) is 0 Å². The molecule has 0 N–H and O–H groups in total. The number of carbonyl (C=O) groups excluding carboxylic acids is 2. The molecule has 4 heterocycles. The SMILES string of the molecule is Cn1nc(-c2ccccc2)c2c1CCN(C(=O)OC(C)(C)C)CC2.Cn1nc2c(c1-c1ccccc1)CCN(C(=O)OC(C)(C)C)CC2. The highest BCUT2D eigenvalue weighted by Gasteiger charge is 2.29. The Labute approximate surface area is 284 Å². The van der Waals surface area contributed by atoms with E-state index in [0.717, 1.165) is 48.3 Å². The third-order valence-corrected chi connectivity index (χ3v) is 8.40. The van der Waals surface area contributed by atoms with Crippen LogP contribution in [0.15, 0.2) is 60.7 Å². The second-order valence-corrected chi connectivity index (χ2v) is 14.5. The number of nitrogens with zero attached hydrogens (tertiary/aromatic N) is 6. The van der Waals surface area contributed by atoms with Crippen molar-refractivity contribution in [3.05, 3.63) is 83.2 Å². The fourth-order valence-corrected chi connectivity index (χ4v) is 6.27. The first-order valence-corrected chi connectivity index (χ1v) is 16.9. The molecule has 10 heteroatoms. The van der Waals surface area contributed by atoms with E-state index in [9.17, 15) is 9.59 Å². The highest BCUT2D eigenvalue weighted by Crippen LogP contribution is 2.30. The minimum Gasteiger partial charge on any atom is -0.444 e. The van der Waals surface area contributed by atoms with Gasteiger partial charge >= 0.3 is 12.2 Å². The summed E-state index contributed by atoms with van der Waals surface area (Å²) in [6.07, 6.45) is 2.68. The molecule has 256 valence electrons. The number of amides is 2. The molecule has 2 aliphatic rings. The zero-order valence-corrected chi connectivity index (χ0v) is 29.7. The van der Waals surface area contributed by atoms with Crippen LogP contribution in [0.25, 0.3) is 22.5 Å². The minimum atomic E-state index is -0.467. The second-order valence-electron chi connectivity index (χ2n) is 14.5. The summed E-state index contributed by atoms with van der Waals surface area (Å²) in [4.78, 5) is 28.3. The van der Waals surface area contributed by atoms with E-state index in [-0.39, 0.29) is 12.2 Å². The van der Waals surface area contributed by atoms with E-state index in [1.165, 1.54) is 22.4 Å². The molecule has 10 nitrogen and oxygen atoms in total. The van der Waals surface area contributed by atoms with Crippen LogP contribution in [0.4, 0.5) is 9.59 Å². The van der Waals surface area contributed by atoms with Gasteiger partial charge in [-0.05, 0) is 54.4 Å².